The van der Waals surface area contributed by atoms with Gasteiger partial charge >= 0.3 is 6.03 Å². The number of aromatic nitrogens is 1. The van der Waals surface area contributed by atoms with Gasteiger partial charge in [-0.25, -0.2) is 4.79 Å². The Kier molecular flexibility index (Phi) is 5.71. The third kappa shape index (κ3) is 3.78. The largest absolute Gasteiger partial charge is 0.508 e. The van der Waals surface area contributed by atoms with Crippen LogP contribution in [0.5, 0.6) is 11.5 Å². The van der Waals surface area contributed by atoms with Crippen LogP contribution in [0.3, 0.4) is 0 Å². The molecule has 1 fully saturated rings. The maximum atomic E-state index is 14.0. The van der Waals surface area contributed by atoms with E-state index in [4.69, 9.17) is 4.74 Å². The van der Waals surface area contributed by atoms with Crippen molar-refractivity contribution in [3.63, 3.8) is 0 Å². The summed E-state index contributed by atoms with van der Waals surface area (Å²) < 4.78 is 5.76. The average molecular weight is 501 g/mol. The van der Waals surface area contributed by atoms with E-state index in [0.29, 0.717) is 26.1 Å². The minimum Gasteiger partial charge on any atom is -0.508 e. The summed E-state index contributed by atoms with van der Waals surface area (Å²) in [4.78, 5) is 36.9. The van der Waals surface area contributed by atoms with Gasteiger partial charge in [-0.05, 0) is 61.7 Å². The van der Waals surface area contributed by atoms with Crippen LogP contribution in [-0.4, -0.2) is 75.1 Å². The van der Waals surface area contributed by atoms with Crippen LogP contribution >= 0.6 is 0 Å². The number of benzene rings is 2. The second kappa shape index (κ2) is 8.95. The summed E-state index contributed by atoms with van der Waals surface area (Å²) >= 11 is 0. The van der Waals surface area contributed by atoms with Crippen molar-refractivity contribution in [1.82, 2.24) is 19.7 Å². The number of aromatic hydroxyl groups is 1. The summed E-state index contributed by atoms with van der Waals surface area (Å²) in [5, 5.41) is 11.3. The minimum atomic E-state index is -1.04. The number of phenols is 1. The van der Waals surface area contributed by atoms with Crippen molar-refractivity contribution in [2.45, 2.75) is 38.3 Å². The van der Waals surface area contributed by atoms with Gasteiger partial charge in [0.15, 0.2) is 0 Å². The van der Waals surface area contributed by atoms with Crippen molar-refractivity contribution < 1.29 is 19.4 Å². The van der Waals surface area contributed by atoms with Crippen LogP contribution in [0.15, 0.2) is 54.6 Å². The second-order valence-electron chi connectivity index (χ2n) is 10.3. The number of H-pyrrole nitrogens is 1. The van der Waals surface area contributed by atoms with Crippen molar-refractivity contribution in [2.75, 3.05) is 32.8 Å². The van der Waals surface area contributed by atoms with Gasteiger partial charge in [0.2, 0.25) is 0 Å². The van der Waals surface area contributed by atoms with E-state index in [9.17, 15) is 14.7 Å². The molecule has 0 spiro atoms. The smallest absolute Gasteiger partial charge is 0.328 e. The normalized spacial score (nSPS) is 23.6. The molecule has 8 nitrogen and oxygen atoms in total. The van der Waals surface area contributed by atoms with Gasteiger partial charge in [0, 0.05) is 49.2 Å². The molecule has 4 heterocycles. The molecule has 6 rings (SSSR count). The van der Waals surface area contributed by atoms with Crippen molar-refractivity contribution >= 4 is 22.8 Å². The maximum Gasteiger partial charge on any atom is 0.328 e. The Balaban J connectivity index is 1.45. The number of aromatic amines is 1. The highest BCUT2D eigenvalue weighted by atomic mass is 16.5. The molecule has 37 heavy (non-hydrogen) atoms. The number of nitrogens with one attached hydrogen (secondary N) is 1. The highest BCUT2D eigenvalue weighted by molar-refractivity contribution is 6.08. The first-order valence-electron chi connectivity index (χ1n) is 13.0. The Morgan fingerprint density at radius 1 is 1.14 bits per heavy atom. The number of urea groups is 1. The van der Waals surface area contributed by atoms with Gasteiger partial charge in [0.05, 0.1) is 6.61 Å². The summed E-state index contributed by atoms with van der Waals surface area (Å²) in [5.74, 6) is 0.717. The Hall–Kier alpha value is -3.78. The maximum absolute atomic E-state index is 14.0. The molecular weight excluding hydrogens is 468 g/mol. The predicted octanol–water partition coefficient (Wildman–Crippen LogP) is 4.20. The third-order valence-electron chi connectivity index (χ3n) is 7.92. The first kappa shape index (κ1) is 23.6. The van der Waals surface area contributed by atoms with Crippen LogP contribution in [-0.2, 0) is 11.2 Å². The molecular formula is C29H32N4O4. The molecule has 3 amide bonds. The SMILES string of the molecule is CCOc1ccc2[nH]c3c(c2c1)CC1(C)C(=O)N(CCN2CC=CCC2)C(=O)N1C3c1cccc(O)c1. The average Bonchev–Trinajstić information content (AvgIpc) is 3.33. The van der Waals surface area contributed by atoms with E-state index >= 15 is 0 Å². The minimum absolute atomic E-state index is 0.119. The Labute approximate surface area is 216 Å². The number of ether oxygens (including phenoxy) is 1. The van der Waals surface area contributed by atoms with E-state index in [0.717, 1.165) is 53.0 Å². The molecule has 8 heteroatoms. The number of fused-ring (bicyclic) bond motifs is 4. The number of rotatable bonds is 6. The standard InChI is InChI=1S/C29H32N4O4/c1-3-37-21-10-11-24-22(17-21)23-18-29(2)27(35)32(15-14-31-12-5-4-6-13-31)28(36)33(29)26(25(23)30-24)19-8-7-9-20(34)16-19/h4-5,7-11,16-17,26,30,34H,3,6,12-15,18H2,1-2H3. The van der Waals surface area contributed by atoms with Gasteiger partial charge < -0.3 is 14.8 Å². The van der Waals surface area contributed by atoms with Gasteiger partial charge in [-0.15, -0.1) is 0 Å². The molecule has 3 aliphatic heterocycles. The van der Waals surface area contributed by atoms with Gasteiger partial charge in [-0.2, -0.15) is 0 Å². The predicted molar refractivity (Wildman–Crippen MR) is 141 cm³/mol. The molecule has 2 N–H and O–H groups in total. The zero-order chi connectivity index (χ0) is 25.7. The molecule has 1 saturated heterocycles. The number of imide groups is 1. The van der Waals surface area contributed by atoms with E-state index in [1.54, 1.807) is 23.1 Å². The van der Waals surface area contributed by atoms with Crippen molar-refractivity contribution in [3.8, 4) is 11.5 Å². The van der Waals surface area contributed by atoms with Crippen LogP contribution < -0.4 is 4.74 Å². The van der Waals surface area contributed by atoms with Crippen LogP contribution in [0, 0.1) is 0 Å². The van der Waals surface area contributed by atoms with E-state index in [1.807, 2.05) is 38.1 Å². The van der Waals surface area contributed by atoms with Gasteiger partial charge in [-0.3, -0.25) is 19.5 Å². The fourth-order valence-electron chi connectivity index (χ4n) is 6.12. The molecule has 192 valence electrons. The van der Waals surface area contributed by atoms with E-state index in [-0.39, 0.29) is 17.7 Å². The monoisotopic (exact) mass is 500 g/mol. The van der Waals surface area contributed by atoms with Crippen molar-refractivity contribution in [3.05, 3.63) is 71.4 Å². The lowest BCUT2D eigenvalue weighted by Gasteiger charge is -2.42. The number of hydrogen-bond donors (Lipinski definition) is 2. The molecule has 2 aromatic carbocycles. The highest BCUT2D eigenvalue weighted by Crippen LogP contribution is 2.49. The van der Waals surface area contributed by atoms with E-state index in [1.165, 1.54) is 4.90 Å². The number of nitrogens with zero attached hydrogens (tertiary/aromatic N) is 3. The number of phenolic OH excluding ortho intramolecular Hbond substituents is 1. The number of amides is 3. The van der Waals surface area contributed by atoms with Gasteiger partial charge in [0.25, 0.3) is 5.91 Å². The van der Waals surface area contributed by atoms with Crippen LogP contribution in [0.1, 0.15) is 43.1 Å². The second-order valence-corrected chi connectivity index (χ2v) is 10.3. The number of hydrogen-bond acceptors (Lipinski definition) is 5. The molecule has 3 aliphatic rings. The zero-order valence-electron chi connectivity index (χ0n) is 21.2. The van der Waals surface area contributed by atoms with Gasteiger partial charge in [-0.1, -0.05) is 24.3 Å². The molecule has 3 aromatic rings. The Morgan fingerprint density at radius 3 is 2.76 bits per heavy atom. The summed E-state index contributed by atoms with van der Waals surface area (Å²) in [5.41, 5.74) is 2.52. The van der Waals surface area contributed by atoms with E-state index in [2.05, 4.69) is 22.0 Å². The zero-order valence-corrected chi connectivity index (χ0v) is 21.2. The van der Waals surface area contributed by atoms with Crippen LogP contribution in [0.25, 0.3) is 10.9 Å². The Bertz CT molecular complexity index is 1410. The summed E-state index contributed by atoms with van der Waals surface area (Å²) in [7, 11) is 0. The van der Waals surface area contributed by atoms with Crippen LogP contribution in [0.2, 0.25) is 0 Å². The first-order chi connectivity index (χ1) is 17.9. The molecule has 0 saturated carbocycles. The number of carbonyl (C=O) groups excluding carboxylic acids is 2. The molecule has 0 radical (unpaired) electrons. The topological polar surface area (TPSA) is 89.1 Å². The molecule has 2 atom stereocenters. The molecule has 1 aromatic heterocycles. The quantitative estimate of drug-likeness (QED) is 0.391. The van der Waals surface area contributed by atoms with E-state index < -0.39 is 11.6 Å². The fourth-order valence-corrected chi connectivity index (χ4v) is 6.12. The highest BCUT2D eigenvalue weighted by Gasteiger charge is 2.60. The van der Waals surface area contributed by atoms with Crippen molar-refractivity contribution in [2.24, 2.45) is 0 Å². The summed E-state index contributed by atoms with van der Waals surface area (Å²) in [6.45, 7) is 7.15. The van der Waals surface area contributed by atoms with Gasteiger partial charge in [0.1, 0.15) is 23.1 Å². The van der Waals surface area contributed by atoms with Crippen LogP contribution in [0.4, 0.5) is 4.79 Å². The molecule has 0 aliphatic carbocycles. The molecule has 2 unspecified atom stereocenters. The lowest BCUT2D eigenvalue weighted by Crippen LogP contribution is -2.53. The molecule has 0 bridgehead atoms. The third-order valence-corrected chi connectivity index (χ3v) is 7.92. The van der Waals surface area contributed by atoms with Crippen molar-refractivity contribution in [1.29, 1.82) is 0 Å². The summed E-state index contributed by atoms with van der Waals surface area (Å²) in [6, 6.07) is 12.1. The first-order valence-corrected chi connectivity index (χ1v) is 13.0. The lowest BCUT2D eigenvalue weighted by atomic mass is 9.81. The summed E-state index contributed by atoms with van der Waals surface area (Å²) in [6.07, 6.45) is 5.68. The fraction of sp³-hybridized carbons (Fsp3) is 0.379. The number of carbonyl (C=O) groups is 2. The lowest BCUT2D eigenvalue weighted by molar-refractivity contribution is -0.133. The Morgan fingerprint density at radius 2 is 2.00 bits per heavy atom.